The third-order valence-corrected chi connectivity index (χ3v) is 4.07. The maximum atomic E-state index is 11.7. The molecular formula is C16H20O5. The standard InChI is InChI=1S/C16H20O5/c1-4-15(5-2)13(11-14(17)19-3)16(20-15,21-18)12-9-7-6-8-10-12/h6-11,18H,4-5H2,1-3H3/b13-11-. The molecule has 1 saturated heterocycles. The fourth-order valence-electron chi connectivity index (χ4n) is 2.81. The summed E-state index contributed by atoms with van der Waals surface area (Å²) in [4.78, 5) is 16.4. The summed E-state index contributed by atoms with van der Waals surface area (Å²) in [5, 5.41) is 9.45. The van der Waals surface area contributed by atoms with Crippen LogP contribution in [0.3, 0.4) is 0 Å². The normalized spacial score (nSPS) is 25.4. The molecule has 0 aliphatic carbocycles. The van der Waals surface area contributed by atoms with Crippen LogP contribution in [-0.4, -0.2) is 23.9 Å². The molecule has 0 amide bonds. The average Bonchev–Trinajstić information content (AvgIpc) is 2.54. The molecule has 0 saturated carbocycles. The molecule has 1 aliphatic rings. The largest absolute Gasteiger partial charge is 0.466 e. The van der Waals surface area contributed by atoms with Crippen molar-refractivity contribution in [3.05, 3.63) is 47.5 Å². The Balaban J connectivity index is 2.52. The van der Waals surface area contributed by atoms with Crippen LogP contribution in [0, 0.1) is 0 Å². The lowest BCUT2D eigenvalue weighted by atomic mass is 9.73. The summed E-state index contributed by atoms with van der Waals surface area (Å²) in [6, 6.07) is 9.03. The molecule has 5 heteroatoms. The third-order valence-electron chi connectivity index (χ3n) is 4.07. The van der Waals surface area contributed by atoms with Crippen LogP contribution in [0.4, 0.5) is 0 Å². The Labute approximate surface area is 124 Å². The van der Waals surface area contributed by atoms with Crippen molar-refractivity contribution in [3.63, 3.8) is 0 Å². The number of ether oxygens (including phenoxy) is 2. The second-order valence-corrected chi connectivity index (χ2v) is 4.96. The van der Waals surface area contributed by atoms with E-state index < -0.39 is 17.4 Å². The van der Waals surface area contributed by atoms with Crippen molar-refractivity contribution in [2.24, 2.45) is 0 Å². The van der Waals surface area contributed by atoms with Gasteiger partial charge >= 0.3 is 5.97 Å². The highest BCUT2D eigenvalue weighted by Crippen LogP contribution is 2.56. The highest BCUT2D eigenvalue weighted by molar-refractivity contribution is 5.84. The van der Waals surface area contributed by atoms with E-state index in [1.165, 1.54) is 13.2 Å². The van der Waals surface area contributed by atoms with E-state index >= 15 is 0 Å². The van der Waals surface area contributed by atoms with Crippen molar-refractivity contribution < 1.29 is 24.4 Å². The SMILES string of the molecule is CCC1(CC)OC(OO)(c2ccccc2)/C1=C\C(=O)OC. The first-order valence-electron chi connectivity index (χ1n) is 6.97. The molecule has 0 spiro atoms. The van der Waals surface area contributed by atoms with Crippen LogP contribution in [0.5, 0.6) is 0 Å². The summed E-state index contributed by atoms with van der Waals surface area (Å²) >= 11 is 0. The Morgan fingerprint density at radius 1 is 1.29 bits per heavy atom. The van der Waals surface area contributed by atoms with Crippen molar-refractivity contribution >= 4 is 5.97 Å². The monoisotopic (exact) mass is 292 g/mol. The van der Waals surface area contributed by atoms with Gasteiger partial charge in [0.05, 0.1) is 12.7 Å². The maximum Gasteiger partial charge on any atom is 0.330 e. The lowest BCUT2D eigenvalue weighted by Gasteiger charge is -2.55. The van der Waals surface area contributed by atoms with E-state index in [1.54, 1.807) is 12.1 Å². The Kier molecular flexibility index (Phi) is 4.46. The van der Waals surface area contributed by atoms with Crippen LogP contribution in [0.2, 0.25) is 0 Å². The molecule has 1 heterocycles. The Morgan fingerprint density at radius 3 is 2.38 bits per heavy atom. The summed E-state index contributed by atoms with van der Waals surface area (Å²) in [7, 11) is 1.31. The van der Waals surface area contributed by atoms with E-state index in [4.69, 9.17) is 9.47 Å². The number of methoxy groups -OCH3 is 1. The van der Waals surface area contributed by atoms with E-state index in [0.717, 1.165) is 0 Å². The van der Waals surface area contributed by atoms with Gasteiger partial charge in [0, 0.05) is 17.2 Å². The van der Waals surface area contributed by atoms with Gasteiger partial charge in [-0.05, 0) is 12.8 Å². The smallest absolute Gasteiger partial charge is 0.330 e. The molecule has 0 bridgehead atoms. The summed E-state index contributed by atoms with van der Waals surface area (Å²) in [5.74, 6) is -1.95. The Morgan fingerprint density at radius 2 is 1.90 bits per heavy atom. The fourth-order valence-corrected chi connectivity index (χ4v) is 2.81. The molecule has 1 fully saturated rings. The molecule has 0 radical (unpaired) electrons. The molecule has 114 valence electrons. The number of hydrogen-bond acceptors (Lipinski definition) is 5. The summed E-state index contributed by atoms with van der Waals surface area (Å²) in [5.41, 5.74) is 0.563. The van der Waals surface area contributed by atoms with Crippen LogP contribution in [-0.2, 0) is 24.9 Å². The number of hydrogen-bond donors (Lipinski definition) is 1. The van der Waals surface area contributed by atoms with Gasteiger partial charge in [0.1, 0.15) is 0 Å². The molecule has 1 aliphatic heterocycles. The van der Waals surface area contributed by atoms with Gasteiger partial charge in [0.2, 0.25) is 0 Å². The fraction of sp³-hybridized carbons (Fsp3) is 0.438. The van der Waals surface area contributed by atoms with E-state index in [1.807, 2.05) is 32.0 Å². The number of carbonyl (C=O) groups excluding carboxylic acids is 1. The molecule has 1 aromatic carbocycles. The van der Waals surface area contributed by atoms with E-state index in [-0.39, 0.29) is 0 Å². The minimum Gasteiger partial charge on any atom is -0.466 e. The van der Waals surface area contributed by atoms with Crippen molar-refractivity contribution in [1.82, 2.24) is 0 Å². The number of rotatable bonds is 5. The maximum absolute atomic E-state index is 11.7. The zero-order valence-corrected chi connectivity index (χ0v) is 12.5. The van der Waals surface area contributed by atoms with Gasteiger partial charge < -0.3 is 9.47 Å². The van der Waals surface area contributed by atoms with Gasteiger partial charge in [-0.3, -0.25) is 0 Å². The molecule has 1 atom stereocenters. The van der Waals surface area contributed by atoms with Crippen molar-refractivity contribution in [2.75, 3.05) is 7.11 Å². The highest BCUT2D eigenvalue weighted by Gasteiger charge is 2.62. The minimum atomic E-state index is -1.44. The average molecular weight is 292 g/mol. The van der Waals surface area contributed by atoms with Crippen LogP contribution in [0.25, 0.3) is 0 Å². The summed E-state index contributed by atoms with van der Waals surface area (Å²) < 4.78 is 10.7. The predicted octanol–water partition coefficient (Wildman–Crippen LogP) is 3.02. The van der Waals surface area contributed by atoms with Crippen LogP contribution < -0.4 is 0 Å². The summed E-state index contributed by atoms with van der Waals surface area (Å²) in [6.07, 6.45) is 2.66. The van der Waals surface area contributed by atoms with Crippen LogP contribution in [0.1, 0.15) is 32.3 Å². The molecule has 21 heavy (non-hydrogen) atoms. The molecular weight excluding hydrogens is 272 g/mol. The Hall–Kier alpha value is -1.69. The van der Waals surface area contributed by atoms with E-state index in [0.29, 0.717) is 24.0 Å². The third kappa shape index (κ3) is 2.37. The zero-order chi connectivity index (χ0) is 15.5. The van der Waals surface area contributed by atoms with Crippen molar-refractivity contribution in [3.8, 4) is 0 Å². The molecule has 1 unspecified atom stereocenters. The van der Waals surface area contributed by atoms with Gasteiger partial charge in [0.15, 0.2) is 0 Å². The summed E-state index contributed by atoms with van der Waals surface area (Å²) in [6.45, 7) is 3.92. The molecule has 2 rings (SSSR count). The highest BCUT2D eigenvalue weighted by atomic mass is 17.2. The number of esters is 1. The van der Waals surface area contributed by atoms with Crippen LogP contribution in [0.15, 0.2) is 42.0 Å². The molecule has 1 N–H and O–H groups in total. The molecule has 0 aromatic heterocycles. The zero-order valence-electron chi connectivity index (χ0n) is 12.5. The minimum absolute atomic E-state index is 0.503. The van der Waals surface area contributed by atoms with Gasteiger partial charge in [-0.2, -0.15) is 4.89 Å². The van der Waals surface area contributed by atoms with E-state index in [9.17, 15) is 10.1 Å². The second-order valence-electron chi connectivity index (χ2n) is 4.96. The topological polar surface area (TPSA) is 65.0 Å². The van der Waals surface area contributed by atoms with Gasteiger partial charge in [-0.25, -0.2) is 10.1 Å². The quantitative estimate of drug-likeness (QED) is 0.391. The van der Waals surface area contributed by atoms with Crippen molar-refractivity contribution in [2.45, 2.75) is 38.1 Å². The number of carbonyl (C=O) groups is 1. The predicted molar refractivity (Wildman–Crippen MR) is 76.3 cm³/mol. The first-order valence-corrected chi connectivity index (χ1v) is 6.97. The first kappa shape index (κ1) is 15.7. The second kappa shape index (κ2) is 5.97. The van der Waals surface area contributed by atoms with Gasteiger partial charge in [-0.1, -0.05) is 44.2 Å². The first-order chi connectivity index (χ1) is 10.1. The van der Waals surface area contributed by atoms with Crippen molar-refractivity contribution in [1.29, 1.82) is 0 Å². The van der Waals surface area contributed by atoms with Gasteiger partial charge in [0.25, 0.3) is 5.79 Å². The van der Waals surface area contributed by atoms with E-state index in [2.05, 4.69) is 4.89 Å². The van der Waals surface area contributed by atoms with Crippen LogP contribution >= 0.6 is 0 Å². The number of benzene rings is 1. The lowest BCUT2D eigenvalue weighted by Crippen LogP contribution is -2.61. The molecule has 5 nitrogen and oxygen atoms in total. The Bertz CT molecular complexity index is 533. The molecule has 1 aromatic rings. The lowest BCUT2D eigenvalue weighted by molar-refractivity contribution is -0.458. The van der Waals surface area contributed by atoms with Gasteiger partial charge in [-0.15, -0.1) is 0 Å².